The molecule has 2 aromatic rings. The van der Waals surface area contributed by atoms with Gasteiger partial charge < -0.3 is 29.6 Å². The highest BCUT2D eigenvalue weighted by Gasteiger charge is 2.14. The van der Waals surface area contributed by atoms with Gasteiger partial charge in [-0.25, -0.2) is 4.39 Å². The first-order chi connectivity index (χ1) is 15.0. The smallest absolute Gasteiger partial charge is 0.191 e. The molecule has 2 rings (SSSR count). The third kappa shape index (κ3) is 7.32. The fourth-order valence-electron chi connectivity index (χ4n) is 3.16. The number of aliphatic imine (C=N–C) groups is 1. The van der Waals surface area contributed by atoms with Gasteiger partial charge in [0, 0.05) is 30.8 Å². The van der Waals surface area contributed by atoms with Gasteiger partial charge in [-0.3, -0.25) is 4.99 Å². The van der Waals surface area contributed by atoms with E-state index in [4.69, 9.17) is 18.9 Å². The zero-order valence-electron chi connectivity index (χ0n) is 19.5. The highest BCUT2D eigenvalue weighted by molar-refractivity contribution is 14.0. The maximum Gasteiger partial charge on any atom is 0.191 e. The molecule has 0 bridgehead atoms. The van der Waals surface area contributed by atoms with E-state index in [2.05, 4.69) is 15.6 Å². The number of rotatable bonds is 10. The van der Waals surface area contributed by atoms with Crippen LogP contribution in [0.15, 0.2) is 35.3 Å². The van der Waals surface area contributed by atoms with Crippen LogP contribution in [0, 0.1) is 5.82 Å². The Labute approximate surface area is 206 Å². The number of halogens is 2. The van der Waals surface area contributed by atoms with Crippen LogP contribution in [0.5, 0.6) is 23.0 Å². The van der Waals surface area contributed by atoms with Gasteiger partial charge >= 0.3 is 0 Å². The molecule has 1 atom stereocenters. The predicted molar refractivity (Wildman–Crippen MR) is 136 cm³/mol. The number of benzene rings is 2. The van der Waals surface area contributed by atoms with Gasteiger partial charge in [-0.05, 0) is 38.0 Å². The molecule has 0 aliphatic heterocycles. The average Bonchev–Trinajstić information content (AvgIpc) is 2.78. The van der Waals surface area contributed by atoms with E-state index in [9.17, 15) is 4.39 Å². The Balaban J connectivity index is 0.00000512. The van der Waals surface area contributed by atoms with E-state index in [1.165, 1.54) is 13.2 Å². The summed E-state index contributed by atoms with van der Waals surface area (Å²) in [5, 5.41) is 6.53. The van der Waals surface area contributed by atoms with Crippen molar-refractivity contribution in [2.45, 2.75) is 26.3 Å². The van der Waals surface area contributed by atoms with E-state index in [0.717, 1.165) is 11.1 Å². The quantitative estimate of drug-likeness (QED) is 0.256. The second-order valence-electron chi connectivity index (χ2n) is 6.78. The first kappa shape index (κ1) is 27.6. The zero-order valence-corrected chi connectivity index (χ0v) is 21.8. The van der Waals surface area contributed by atoms with Crippen LogP contribution >= 0.6 is 24.0 Å². The number of nitrogens with one attached hydrogen (secondary N) is 2. The molecule has 0 amide bonds. The molecule has 1 unspecified atom stereocenters. The van der Waals surface area contributed by atoms with Gasteiger partial charge in [0.2, 0.25) is 0 Å². The molecule has 178 valence electrons. The van der Waals surface area contributed by atoms with E-state index < -0.39 is 5.82 Å². The fourth-order valence-corrected chi connectivity index (χ4v) is 3.16. The second-order valence-corrected chi connectivity index (χ2v) is 6.78. The minimum absolute atomic E-state index is 0. The second kappa shape index (κ2) is 13.9. The lowest BCUT2D eigenvalue weighted by Gasteiger charge is -2.19. The van der Waals surface area contributed by atoms with Crippen molar-refractivity contribution in [2.75, 3.05) is 41.5 Å². The summed E-state index contributed by atoms with van der Waals surface area (Å²) in [6, 6.07) is 8.41. The minimum Gasteiger partial charge on any atom is -0.496 e. The van der Waals surface area contributed by atoms with Crippen LogP contribution in [0.3, 0.4) is 0 Å². The Morgan fingerprint density at radius 2 is 1.59 bits per heavy atom. The van der Waals surface area contributed by atoms with Crippen molar-refractivity contribution in [2.24, 2.45) is 4.99 Å². The van der Waals surface area contributed by atoms with Gasteiger partial charge in [-0.1, -0.05) is 6.07 Å². The van der Waals surface area contributed by atoms with Gasteiger partial charge in [0.25, 0.3) is 0 Å². The predicted octanol–water partition coefficient (Wildman–Crippen LogP) is 4.34. The van der Waals surface area contributed by atoms with E-state index >= 15 is 0 Å². The van der Waals surface area contributed by atoms with Crippen molar-refractivity contribution in [3.8, 4) is 23.0 Å². The number of guanidine groups is 1. The Hall–Kier alpha value is -2.43. The summed E-state index contributed by atoms with van der Waals surface area (Å²) in [5.74, 6) is 2.50. The molecule has 0 saturated heterocycles. The monoisotopic (exact) mass is 561 g/mol. The molecular weight excluding hydrogens is 528 g/mol. The molecule has 9 heteroatoms. The first-order valence-electron chi connectivity index (χ1n) is 10.1. The molecular formula is C23H33FIN3O4. The van der Waals surface area contributed by atoms with Crippen LogP contribution in [0.25, 0.3) is 0 Å². The molecule has 0 heterocycles. The molecule has 0 aliphatic carbocycles. The lowest BCUT2D eigenvalue weighted by atomic mass is 10.1. The van der Waals surface area contributed by atoms with Gasteiger partial charge in [0.15, 0.2) is 17.5 Å². The van der Waals surface area contributed by atoms with Gasteiger partial charge in [-0.15, -0.1) is 24.0 Å². The molecule has 0 saturated carbocycles. The van der Waals surface area contributed by atoms with Crippen molar-refractivity contribution in [1.82, 2.24) is 10.6 Å². The van der Waals surface area contributed by atoms with Crippen LogP contribution in [-0.2, 0) is 6.42 Å². The van der Waals surface area contributed by atoms with Crippen molar-refractivity contribution < 1.29 is 23.3 Å². The molecule has 0 aliphatic rings. The summed E-state index contributed by atoms with van der Waals surface area (Å²) in [6.45, 7) is 5.14. The van der Waals surface area contributed by atoms with E-state index in [-0.39, 0.29) is 35.8 Å². The van der Waals surface area contributed by atoms with E-state index in [1.54, 1.807) is 27.4 Å². The topological polar surface area (TPSA) is 73.3 Å². The number of hydrogen-bond acceptors (Lipinski definition) is 5. The minimum atomic E-state index is -0.394. The maximum atomic E-state index is 14.1. The number of methoxy groups -OCH3 is 4. The largest absolute Gasteiger partial charge is 0.496 e. The van der Waals surface area contributed by atoms with Crippen LogP contribution in [0.2, 0.25) is 0 Å². The molecule has 0 spiro atoms. The van der Waals surface area contributed by atoms with Gasteiger partial charge in [0.1, 0.15) is 17.2 Å². The van der Waals surface area contributed by atoms with Crippen molar-refractivity contribution >= 4 is 29.9 Å². The molecule has 2 aromatic carbocycles. The lowest BCUT2D eigenvalue weighted by Crippen LogP contribution is -2.38. The Morgan fingerprint density at radius 1 is 0.969 bits per heavy atom. The number of nitrogens with zero attached hydrogens (tertiary/aromatic N) is 1. The number of ether oxygens (including phenoxy) is 4. The SMILES string of the molecule is CCNC(=NCCc1c(OC)cc(OC)cc1OC)NC(C)c1ccc(OC)c(F)c1.I. The highest BCUT2D eigenvalue weighted by Crippen LogP contribution is 2.34. The Kier molecular flexibility index (Phi) is 12.0. The summed E-state index contributed by atoms with van der Waals surface area (Å²) < 4.78 is 35.3. The molecule has 0 fully saturated rings. The van der Waals surface area contributed by atoms with Crippen LogP contribution < -0.4 is 29.6 Å². The summed E-state index contributed by atoms with van der Waals surface area (Å²) in [4.78, 5) is 4.66. The summed E-state index contributed by atoms with van der Waals surface area (Å²) in [6.07, 6.45) is 0.610. The third-order valence-electron chi connectivity index (χ3n) is 4.82. The fraction of sp³-hybridized carbons (Fsp3) is 0.435. The standard InChI is InChI=1S/C23H32FN3O4.HI/c1-7-25-23(27-15(2)16-8-9-20(29-4)19(24)12-16)26-11-10-18-21(30-5)13-17(28-3)14-22(18)31-6;/h8-9,12-15H,7,10-11H2,1-6H3,(H2,25,26,27);1H. The number of hydrogen-bond donors (Lipinski definition) is 2. The highest BCUT2D eigenvalue weighted by atomic mass is 127. The Bertz CT molecular complexity index is 871. The lowest BCUT2D eigenvalue weighted by molar-refractivity contribution is 0.369. The summed E-state index contributed by atoms with van der Waals surface area (Å²) in [7, 11) is 6.27. The van der Waals surface area contributed by atoms with Crippen LogP contribution in [0.1, 0.15) is 31.0 Å². The van der Waals surface area contributed by atoms with Crippen LogP contribution in [0.4, 0.5) is 4.39 Å². The average molecular weight is 561 g/mol. The summed E-state index contributed by atoms with van der Waals surface area (Å²) in [5.41, 5.74) is 1.71. The molecule has 32 heavy (non-hydrogen) atoms. The molecule has 0 aromatic heterocycles. The molecule has 2 N–H and O–H groups in total. The van der Waals surface area contributed by atoms with Crippen molar-refractivity contribution in [3.63, 3.8) is 0 Å². The Morgan fingerprint density at radius 3 is 2.09 bits per heavy atom. The van der Waals surface area contributed by atoms with Crippen LogP contribution in [-0.4, -0.2) is 47.5 Å². The van der Waals surface area contributed by atoms with E-state index in [1.807, 2.05) is 32.0 Å². The zero-order chi connectivity index (χ0) is 22.8. The normalized spacial score (nSPS) is 11.8. The maximum absolute atomic E-state index is 14.1. The van der Waals surface area contributed by atoms with Gasteiger partial charge in [0.05, 0.1) is 34.5 Å². The van der Waals surface area contributed by atoms with E-state index in [0.29, 0.717) is 42.7 Å². The van der Waals surface area contributed by atoms with Crippen molar-refractivity contribution in [1.29, 1.82) is 0 Å². The summed E-state index contributed by atoms with van der Waals surface area (Å²) >= 11 is 0. The molecule has 0 radical (unpaired) electrons. The first-order valence-corrected chi connectivity index (χ1v) is 10.1. The third-order valence-corrected chi connectivity index (χ3v) is 4.82. The van der Waals surface area contributed by atoms with Gasteiger partial charge in [-0.2, -0.15) is 0 Å². The molecule has 7 nitrogen and oxygen atoms in total. The van der Waals surface area contributed by atoms with Crippen molar-refractivity contribution in [3.05, 3.63) is 47.3 Å².